The van der Waals surface area contributed by atoms with Crippen molar-refractivity contribution in [1.29, 1.82) is 0 Å². The summed E-state index contributed by atoms with van der Waals surface area (Å²) in [6, 6.07) is 6.12. The largest absolute Gasteiger partial charge is 0.313 e. The fraction of sp³-hybridized carbons (Fsp3) is 0.500. The number of aryl methyl sites for hydroxylation is 1. The third-order valence-corrected chi connectivity index (χ3v) is 4.73. The Hall–Kier alpha value is -0.590. The number of rotatable bonds is 6. The summed E-state index contributed by atoms with van der Waals surface area (Å²) in [5.74, 6) is 0.101. The van der Waals surface area contributed by atoms with Crippen molar-refractivity contribution in [3.05, 3.63) is 28.2 Å². The Morgan fingerprint density at radius 2 is 2.11 bits per heavy atom. The minimum Gasteiger partial charge on any atom is -0.313 e. The first-order valence-electron chi connectivity index (χ1n) is 5.96. The van der Waals surface area contributed by atoms with Crippen molar-refractivity contribution in [3.63, 3.8) is 0 Å². The van der Waals surface area contributed by atoms with E-state index in [9.17, 15) is 8.42 Å². The molecule has 0 saturated heterocycles. The summed E-state index contributed by atoms with van der Waals surface area (Å²) in [5.41, 5.74) is 1.62. The second-order valence-electron chi connectivity index (χ2n) is 4.63. The zero-order valence-corrected chi connectivity index (χ0v) is 12.6. The van der Waals surface area contributed by atoms with Crippen molar-refractivity contribution < 1.29 is 8.42 Å². The van der Waals surface area contributed by atoms with E-state index in [-0.39, 0.29) is 5.75 Å². The van der Waals surface area contributed by atoms with Crippen molar-refractivity contribution in [2.75, 3.05) is 17.0 Å². The number of nitrogens with one attached hydrogen (secondary N) is 2. The molecular weight excluding hydrogens is 316 g/mol. The molecule has 0 bridgehead atoms. The van der Waals surface area contributed by atoms with Crippen molar-refractivity contribution in [3.8, 4) is 0 Å². The van der Waals surface area contributed by atoms with Gasteiger partial charge in [0.15, 0.2) is 0 Å². The number of halogens is 1. The van der Waals surface area contributed by atoms with Crippen LogP contribution in [0.3, 0.4) is 0 Å². The van der Waals surface area contributed by atoms with Gasteiger partial charge in [-0.25, -0.2) is 8.42 Å². The Labute approximate surface area is 116 Å². The van der Waals surface area contributed by atoms with Crippen LogP contribution in [0.25, 0.3) is 0 Å². The molecule has 0 heterocycles. The number of sulfonamides is 1. The molecule has 0 amide bonds. The van der Waals surface area contributed by atoms with Gasteiger partial charge in [-0.05, 0) is 53.4 Å². The molecule has 0 atom stereocenters. The minimum atomic E-state index is -3.28. The topological polar surface area (TPSA) is 58.2 Å². The highest BCUT2D eigenvalue weighted by Gasteiger charge is 2.21. The molecule has 1 aliphatic rings. The summed E-state index contributed by atoms with van der Waals surface area (Å²) < 4.78 is 27.2. The van der Waals surface area contributed by atoms with Crippen molar-refractivity contribution in [1.82, 2.24) is 5.32 Å². The van der Waals surface area contributed by atoms with Gasteiger partial charge in [0.2, 0.25) is 10.0 Å². The van der Waals surface area contributed by atoms with E-state index in [1.165, 1.54) is 0 Å². The zero-order valence-electron chi connectivity index (χ0n) is 10.2. The molecule has 0 radical (unpaired) electrons. The van der Waals surface area contributed by atoms with Crippen molar-refractivity contribution in [2.45, 2.75) is 25.8 Å². The monoisotopic (exact) mass is 332 g/mol. The van der Waals surface area contributed by atoms with Crippen LogP contribution in [0, 0.1) is 6.92 Å². The minimum absolute atomic E-state index is 0.101. The van der Waals surface area contributed by atoms with E-state index in [0.717, 1.165) is 22.9 Å². The van der Waals surface area contributed by atoms with Gasteiger partial charge in [-0.2, -0.15) is 0 Å². The normalized spacial score (nSPS) is 15.7. The van der Waals surface area contributed by atoms with E-state index < -0.39 is 10.0 Å². The molecule has 1 aliphatic carbocycles. The Morgan fingerprint density at radius 1 is 1.39 bits per heavy atom. The van der Waals surface area contributed by atoms with Crippen LogP contribution in [0.4, 0.5) is 5.69 Å². The van der Waals surface area contributed by atoms with Gasteiger partial charge in [-0.15, -0.1) is 0 Å². The first-order valence-corrected chi connectivity index (χ1v) is 8.41. The van der Waals surface area contributed by atoms with E-state index in [0.29, 0.717) is 18.3 Å². The summed E-state index contributed by atoms with van der Waals surface area (Å²) >= 11 is 3.34. The lowest BCUT2D eigenvalue weighted by atomic mass is 10.2. The van der Waals surface area contributed by atoms with Gasteiger partial charge in [0.1, 0.15) is 0 Å². The van der Waals surface area contributed by atoms with Crippen LogP contribution in [0.5, 0.6) is 0 Å². The molecular formula is C12H17BrN2O2S. The molecule has 1 saturated carbocycles. The number of benzene rings is 1. The average Bonchev–Trinajstić information content (AvgIpc) is 3.07. The van der Waals surface area contributed by atoms with E-state index >= 15 is 0 Å². The molecule has 1 aromatic carbocycles. The molecule has 18 heavy (non-hydrogen) atoms. The Balaban J connectivity index is 1.95. The second-order valence-corrected chi connectivity index (χ2v) is 7.33. The molecule has 6 heteroatoms. The van der Waals surface area contributed by atoms with Gasteiger partial charge in [0.05, 0.1) is 11.4 Å². The summed E-state index contributed by atoms with van der Waals surface area (Å²) in [7, 11) is -3.28. The highest BCUT2D eigenvalue weighted by molar-refractivity contribution is 9.10. The Morgan fingerprint density at radius 3 is 2.78 bits per heavy atom. The summed E-state index contributed by atoms with van der Waals surface area (Å²) in [6.45, 7) is 2.43. The predicted molar refractivity (Wildman–Crippen MR) is 77.3 cm³/mol. The van der Waals surface area contributed by atoms with Crippen LogP contribution in [0.2, 0.25) is 0 Å². The highest BCUT2D eigenvalue weighted by Crippen LogP contribution is 2.24. The van der Waals surface area contributed by atoms with Crippen molar-refractivity contribution >= 4 is 31.6 Å². The number of hydrogen-bond acceptors (Lipinski definition) is 3. The maximum absolute atomic E-state index is 11.9. The standard InChI is InChI=1S/C12H17BrN2O2S/c1-9-2-5-11(13)12(8-9)15-18(16,17)7-6-14-10-3-4-10/h2,5,8,10,14-15H,3-4,6-7H2,1H3. The molecule has 0 aliphatic heterocycles. The fourth-order valence-corrected chi connectivity index (χ4v) is 3.09. The molecule has 2 N–H and O–H groups in total. The first kappa shape index (κ1) is 13.8. The van der Waals surface area contributed by atoms with Crippen LogP contribution in [0.1, 0.15) is 18.4 Å². The molecule has 2 rings (SSSR count). The van der Waals surface area contributed by atoms with E-state index in [4.69, 9.17) is 0 Å². The van der Waals surface area contributed by atoms with Gasteiger partial charge in [0, 0.05) is 17.1 Å². The lowest BCUT2D eigenvalue weighted by Crippen LogP contribution is -2.28. The Bertz CT molecular complexity index is 527. The van der Waals surface area contributed by atoms with Gasteiger partial charge >= 0.3 is 0 Å². The number of anilines is 1. The summed E-state index contributed by atoms with van der Waals surface area (Å²) in [6.07, 6.45) is 2.33. The maximum atomic E-state index is 11.9. The lowest BCUT2D eigenvalue weighted by Gasteiger charge is -2.10. The van der Waals surface area contributed by atoms with Crippen LogP contribution in [-0.4, -0.2) is 26.8 Å². The van der Waals surface area contributed by atoms with Crippen LogP contribution in [-0.2, 0) is 10.0 Å². The quantitative estimate of drug-likeness (QED) is 0.840. The number of hydrogen-bond donors (Lipinski definition) is 2. The average molecular weight is 333 g/mol. The van der Waals surface area contributed by atoms with E-state index in [2.05, 4.69) is 26.0 Å². The van der Waals surface area contributed by atoms with Gasteiger partial charge in [0.25, 0.3) is 0 Å². The molecule has 100 valence electrons. The third-order valence-electron chi connectivity index (χ3n) is 2.77. The molecule has 0 spiro atoms. The molecule has 0 unspecified atom stereocenters. The van der Waals surface area contributed by atoms with Crippen LogP contribution < -0.4 is 10.0 Å². The van der Waals surface area contributed by atoms with Gasteiger partial charge in [-0.3, -0.25) is 4.72 Å². The van der Waals surface area contributed by atoms with Crippen LogP contribution >= 0.6 is 15.9 Å². The van der Waals surface area contributed by atoms with Gasteiger partial charge in [-0.1, -0.05) is 6.07 Å². The molecule has 1 fully saturated rings. The predicted octanol–water partition coefficient (Wildman–Crippen LogP) is 2.25. The smallest absolute Gasteiger partial charge is 0.234 e. The highest BCUT2D eigenvalue weighted by atomic mass is 79.9. The summed E-state index contributed by atoms with van der Waals surface area (Å²) in [5, 5.41) is 3.19. The SMILES string of the molecule is Cc1ccc(Br)c(NS(=O)(=O)CCNC2CC2)c1. The molecule has 0 aromatic heterocycles. The van der Waals surface area contributed by atoms with Crippen LogP contribution in [0.15, 0.2) is 22.7 Å². The first-order chi connectivity index (χ1) is 8.46. The lowest BCUT2D eigenvalue weighted by molar-refractivity contribution is 0.595. The van der Waals surface area contributed by atoms with Gasteiger partial charge < -0.3 is 5.32 Å². The molecule has 4 nitrogen and oxygen atoms in total. The van der Waals surface area contributed by atoms with E-state index in [1.807, 2.05) is 25.1 Å². The van der Waals surface area contributed by atoms with Crippen molar-refractivity contribution in [2.24, 2.45) is 0 Å². The second kappa shape index (κ2) is 5.59. The maximum Gasteiger partial charge on any atom is 0.234 e. The summed E-state index contributed by atoms with van der Waals surface area (Å²) in [4.78, 5) is 0. The fourth-order valence-electron chi connectivity index (χ4n) is 1.62. The van der Waals surface area contributed by atoms with E-state index in [1.54, 1.807) is 0 Å². The zero-order chi connectivity index (χ0) is 13.2. The molecule has 1 aromatic rings. The third kappa shape index (κ3) is 4.26. The Kier molecular flexibility index (Phi) is 4.29.